The molecule has 1 fully saturated rings. The van der Waals surface area contributed by atoms with Gasteiger partial charge in [0, 0.05) is 44.4 Å². The Kier molecular flexibility index (Phi) is 4.69. The first-order valence-electron chi connectivity index (χ1n) is 11.5. The molecule has 0 spiro atoms. The molecule has 0 bridgehead atoms. The number of nitrogens with zero attached hydrogens (tertiary/aromatic N) is 4. The lowest BCUT2D eigenvalue weighted by molar-refractivity contribution is -0.118. The average Bonchev–Trinajstić information content (AvgIpc) is 3.46. The number of H-pyrrole nitrogens is 1. The van der Waals surface area contributed by atoms with E-state index in [1.807, 2.05) is 29.2 Å². The number of rotatable bonds is 3. The van der Waals surface area contributed by atoms with Gasteiger partial charge in [0.1, 0.15) is 11.4 Å². The summed E-state index contributed by atoms with van der Waals surface area (Å²) in [5.41, 5.74) is 7.08. The second kappa shape index (κ2) is 7.74. The first kappa shape index (κ1) is 20.0. The standard InChI is InChI=1S/C25H26N6O2/c1-30-23(25-27-19-11-16-13-26-14-17(16)12-20(19)28-25)24(33)22(29-30)15-6-8-18(9-7-15)31-10-4-2-3-5-21(31)32/h6-9,11-12,26,33H,2-5,10,13-14H2,1H3,(H,27,28). The first-order chi connectivity index (χ1) is 16.1. The van der Waals surface area contributed by atoms with E-state index in [2.05, 4.69) is 27.5 Å². The number of benzene rings is 2. The number of carbonyl (C=O) groups is 1. The van der Waals surface area contributed by atoms with Crippen molar-refractivity contribution < 1.29 is 9.90 Å². The molecule has 0 saturated carbocycles. The maximum atomic E-state index is 12.4. The fourth-order valence-corrected chi connectivity index (χ4v) is 4.95. The number of aromatic nitrogens is 4. The molecule has 33 heavy (non-hydrogen) atoms. The molecule has 8 nitrogen and oxygen atoms in total. The third kappa shape index (κ3) is 3.38. The van der Waals surface area contributed by atoms with Crippen LogP contribution in [-0.4, -0.2) is 37.3 Å². The minimum Gasteiger partial charge on any atom is -0.504 e. The van der Waals surface area contributed by atoms with E-state index in [-0.39, 0.29) is 11.7 Å². The maximum Gasteiger partial charge on any atom is 0.226 e. The van der Waals surface area contributed by atoms with E-state index in [1.54, 1.807) is 11.7 Å². The lowest BCUT2D eigenvalue weighted by Crippen LogP contribution is -2.29. The van der Waals surface area contributed by atoms with E-state index in [1.165, 1.54) is 11.1 Å². The summed E-state index contributed by atoms with van der Waals surface area (Å²) in [5, 5.41) is 19.0. The molecular weight excluding hydrogens is 416 g/mol. The van der Waals surface area contributed by atoms with Crippen LogP contribution in [0, 0.1) is 0 Å². The van der Waals surface area contributed by atoms with Gasteiger partial charge < -0.3 is 20.3 Å². The summed E-state index contributed by atoms with van der Waals surface area (Å²) in [6, 6.07) is 11.9. The number of nitrogens with one attached hydrogen (secondary N) is 2. The Morgan fingerprint density at radius 1 is 1.03 bits per heavy atom. The van der Waals surface area contributed by atoms with Gasteiger partial charge in [-0.25, -0.2) is 4.98 Å². The van der Waals surface area contributed by atoms with Crippen LogP contribution in [0.2, 0.25) is 0 Å². The number of hydrogen-bond donors (Lipinski definition) is 3. The van der Waals surface area contributed by atoms with Crippen molar-refractivity contribution in [2.75, 3.05) is 11.4 Å². The summed E-state index contributed by atoms with van der Waals surface area (Å²) in [6.07, 6.45) is 3.67. The van der Waals surface area contributed by atoms with Crippen molar-refractivity contribution in [3.05, 3.63) is 47.5 Å². The third-order valence-electron chi connectivity index (χ3n) is 6.71. The average molecular weight is 443 g/mol. The van der Waals surface area contributed by atoms with Crippen LogP contribution in [0.15, 0.2) is 36.4 Å². The van der Waals surface area contributed by atoms with Crippen molar-refractivity contribution in [3.8, 4) is 28.5 Å². The van der Waals surface area contributed by atoms with Crippen LogP contribution in [-0.2, 0) is 24.9 Å². The lowest BCUT2D eigenvalue weighted by atomic mass is 10.1. The highest BCUT2D eigenvalue weighted by Crippen LogP contribution is 2.38. The van der Waals surface area contributed by atoms with Crippen LogP contribution in [0.25, 0.3) is 33.8 Å². The zero-order valence-corrected chi connectivity index (χ0v) is 18.6. The number of amides is 1. The van der Waals surface area contributed by atoms with Gasteiger partial charge in [0.2, 0.25) is 5.91 Å². The molecular formula is C25H26N6O2. The lowest BCUT2D eigenvalue weighted by Gasteiger charge is -2.20. The molecule has 2 aliphatic rings. The maximum absolute atomic E-state index is 12.4. The van der Waals surface area contributed by atoms with Gasteiger partial charge in [-0.1, -0.05) is 18.6 Å². The summed E-state index contributed by atoms with van der Waals surface area (Å²) >= 11 is 0. The van der Waals surface area contributed by atoms with Gasteiger partial charge in [-0.2, -0.15) is 5.10 Å². The fourth-order valence-electron chi connectivity index (χ4n) is 4.95. The van der Waals surface area contributed by atoms with E-state index in [0.29, 0.717) is 23.6 Å². The zero-order chi connectivity index (χ0) is 22.5. The Morgan fingerprint density at radius 3 is 2.64 bits per heavy atom. The van der Waals surface area contributed by atoms with Gasteiger partial charge in [-0.3, -0.25) is 9.48 Å². The molecule has 0 radical (unpaired) electrons. The smallest absolute Gasteiger partial charge is 0.226 e. The number of imidazole rings is 1. The van der Waals surface area contributed by atoms with Crippen LogP contribution in [0.3, 0.4) is 0 Å². The quantitative estimate of drug-likeness (QED) is 0.448. The molecule has 1 amide bonds. The Labute approximate surface area is 191 Å². The number of aryl methyl sites for hydroxylation is 1. The number of carbonyl (C=O) groups excluding carboxylic acids is 1. The number of aromatic hydroxyl groups is 1. The van der Waals surface area contributed by atoms with Crippen molar-refractivity contribution in [3.63, 3.8) is 0 Å². The molecule has 3 N–H and O–H groups in total. The van der Waals surface area contributed by atoms with Crippen molar-refractivity contribution in [1.82, 2.24) is 25.1 Å². The van der Waals surface area contributed by atoms with E-state index >= 15 is 0 Å². The molecule has 8 heteroatoms. The topological polar surface area (TPSA) is 99.1 Å². The minimum atomic E-state index is 0.0874. The van der Waals surface area contributed by atoms with Crippen LogP contribution < -0.4 is 10.2 Å². The summed E-state index contributed by atoms with van der Waals surface area (Å²) in [4.78, 5) is 22.4. The Bertz CT molecular complexity index is 1330. The predicted molar refractivity (Wildman–Crippen MR) is 127 cm³/mol. The van der Waals surface area contributed by atoms with Crippen LogP contribution >= 0.6 is 0 Å². The van der Waals surface area contributed by atoms with Gasteiger partial charge in [-0.15, -0.1) is 0 Å². The van der Waals surface area contributed by atoms with E-state index in [9.17, 15) is 9.90 Å². The highest BCUT2D eigenvalue weighted by molar-refractivity contribution is 5.94. The summed E-state index contributed by atoms with van der Waals surface area (Å²) in [5.74, 6) is 0.853. The first-order valence-corrected chi connectivity index (χ1v) is 11.5. The molecule has 1 saturated heterocycles. The van der Waals surface area contributed by atoms with Gasteiger partial charge in [0.25, 0.3) is 0 Å². The van der Waals surface area contributed by atoms with Crippen LogP contribution in [0.1, 0.15) is 36.8 Å². The van der Waals surface area contributed by atoms with Crippen molar-refractivity contribution in [1.29, 1.82) is 0 Å². The minimum absolute atomic E-state index is 0.0874. The largest absolute Gasteiger partial charge is 0.504 e. The number of fused-ring (bicyclic) bond motifs is 2. The molecule has 6 rings (SSSR count). The SMILES string of the molecule is Cn1nc(-c2ccc(N3CCCCCC3=O)cc2)c(O)c1-c1nc2cc3c(cc2[nH]1)CNC3. The molecule has 0 atom stereocenters. The highest BCUT2D eigenvalue weighted by Gasteiger charge is 2.23. The third-order valence-corrected chi connectivity index (χ3v) is 6.71. The summed E-state index contributed by atoms with van der Waals surface area (Å²) in [7, 11) is 1.81. The monoisotopic (exact) mass is 442 g/mol. The van der Waals surface area contributed by atoms with Gasteiger partial charge in [0.15, 0.2) is 11.6 Å². The summed E-state index contributed by atoms with van der Waals surface area (Å²) < 4.78 is 1.66. The number of hydrogen-bond acceptors (Lipinski definition) is 5. The highest BCUT2D eigenvalue weighted by atomic mass is 16.3. The molecule has 2 aromatic heterocycles. The van der Waals surface area contributed by atoms with Crippen LogP contribution in [0.5, 0.6) is 5.75 Å². The molecule has 0 unspecified atom stereocenters. The van der Waals surface area contributed by atoms with E-state index in [4.69, 9.17) is 4.98 Å². The van der Waals surface area contributed by atoms with Gasteiger partial charge >= 0.3 is 0 Å². The van der Waals surface area contributed by atoms with Crippen LogP contribution in [0.4, 0.5) is 5.69 Å². The van der Waals surface area contributed by atoms with E-state index < -0.39 is 0 Å². The van der Waals surface area contributed by atoms with Crippen molar-refractivity contribution in [2.45, 2.75) is 38.8 Å². The van der Waals surface area contributed by atoms with Crippen molar-refractivity contribution >= 4 is 22.6 Å². The van der Waals surface area contributed by atoms with Gasteiger partial charge in [-0.05, 0) is 48.2 Å². The molecule has 4 heterocycles. The predicted octanol–water partition coefficient (Wildman–Crippen LogP) is 3.85. The molecule has 168 valence electrons. The summed E-state index contributed by atoms with van der Waals surface area (Å²) in [6.45, 7) is 2.47. The Morgan fingerprint density at radius 2 is 1.82 bits per heavy atom. The van der Waals surface area contributed by atoms with Gasteiger partial charge in [0.05, 0.1) is 11.0 Å². The second-order valence-corrected chi connectivity index (χ2v) is 8.90. The Balaban J connectivity index is 1.34. The van der Waals surface area contributed by atoms with Crippen molar-refractivity contribution in [2.24, 2.45) is 7.05 Å². The zero-order valence-electron chi connectivity index (χ0n) is 18.6. The molecule has 2 aliphatic heterocycles. The Hall–Kier alpha value is -3.65. The molecule has 2 aromatic carbocycles. The number of aromatic amines is 1. The fraction of sp³-hybridized carbons (Fsp3) is 0.320. The van der Waals surface area contributed by atoms with E-state index in [0.717, 1.165) is 61.2 Å². The molecule has 0 aliphatic carbocycles. The number of anilines is 1. The second-order valence-electron chi connectivity index (χ2n) is 8.90. The molecule has 4 aromatic rings. The normalized spacial score (nSPS) is 16.4.